The maximum atomic E-state index is 13.3. The molecular weight excluding hydrogens is 243 g/mol. The molecule has 2 rings (SSSR count). The van der Waals surface area contributed by atoms with E-state index in [1.165, 1.54) is 18.2 Å². The summed E-state index contributed by atoms with van der Waals surface area (Å²) >= 11 is 5.75. The molecule has 3 nitrogen and oxygen atoms in total. The minimum absolute atomic E-state index is 0.0353. The van der Waals surface area contributed by atoms with Crippen LogP contribution in [0.2, 0.25) is 5.02 Å². The van der Waals surface area contributed by atoms with Gasteiger partial charge in [0.2, 0.25) is 5.91 Å². The number of carbonyl (C=O) groups excluding carboxylic acids is 1. The molecule has 0 saturated heterocycles. The predicted octanol–water partition coefficient (Wildman–Crippen LogP) is 2.51. The molecule has 5 heteroatoms. The Kier molecular flexibility index (Phi) is 3.52. The van der Waals surface area contributed by atoms with Crippen LogP contribution in [0.25, 0.3) is 0 Å². The van der Waals surface area contributed by atoms with Crippen molar-refractivity contribution in [3.63, 3.8) is 0 Å². The third kappa shape index (κ3) is 3.09. The van der Waals surface area contributed by atoms with Crippen molar-refractivity contribution in [2.75, 3.05) is 18.9 Å². The third-order valence-electron chi connectivity index (χ3n) is 2.85. The fraction of sp³-hybridized carbons (Fsp3) is 0.417. The second-order valence-corrected chi connectivity index (χ2v) is 4.65. The third-order valence-corrected chi connectivity index (χ3v) is 3.08. The van der Waals surface area contributed by atoms with Gasteiger partial charge < -0.3 is 10.2 Å². The number of hydrogen-bond acceptors (Lipinski definition) is 2. The van der Waals surface area contributed by atoms with Crippen molar-refractivity contribution >= 4 is 23.2 Å². The molecular formula is C12H14ClFN2O. The topological polar surface area (TPSA) is 32.3 Å². The van der Waals surface area contributed by atoms with Crippen LogP contribution < -0.4 is 5.32 Å². The summed E-state index contributed by atoms with van der Waals surface area (Å²) in [6.07, 6.45) is 2.13. The van der Waals surface area contributed by atoms with E-state index in [1.807, 2.05) is 0 Å². The average molecular weight is 257 g/mol. The fourth-order valence-corrected chi connectivity index (χ4v) is 1.77. The normalized spacial score (nSPS) is 14.5. The monoisotopic (exact) mass is 256 g/mol. The highest BCUT2D eigenvalue weighted by molar-refractivity contribution is 6.30. The standard InChI is InChI=1S/C12H14ClFN2O/c1-16(9-3-4-9)12(17)7-15-11-6-8(13)2-5-10(11)14/h2,5-6,9,15H,3-4,7H2,1H3. The number of rotatable bonds is 4. The Morgan fingerprint density at radius 2 is 2.29 bits per heavy atom. The van der Waals surface area contributed by atoms with Crippen LogP contribution in [-0.4, -0.2) is 30.4 Å². The molecule has 0 spiro atoms. The van der Waals surface area contributed by atoms with Crippen molar-refractivity contribution in [1.29, 1.82) is 0 Å². The second-order valence-electron chi connectivity index (χ2n) is 4.21. The van der Waals surface area contributed by atoms with E-state index in [2.05, 4.69) is 5.32 Å². The SMILES string of the molecule is CN(C(=O)CNc1cc(Cl)ccc1F)C1CC1. The Hall–Kier alpha value is -1.29. The van der Waals surface area contributed by atoms with Crippen molar-refractivity contribution in [1.82, 2.24) is 4.90 Å². The van der Waals surface area contributed by atoms with E-state index >= 15 is 0 Å². The van der Waals surface area contributed by atoms with Gasteiger partial charge in [0.1, 0.15) is 5.82 Å². The van der Waals surface area contributed by atoms with Crippen LogP contribution >= 0.6 is 11.6 Å². The molecule has 1 saturated carbocycles. The number of nitrogens with one attached hydrogen (secondary N) is 1. The van der Waals surface area contributed by atoms with Crippen LogP contribution in [0.5, 0.6) is 0 Å². The van der Waals surface area contributed by atoms with Crippen LogP contribution in [0.4, 0.5) is 10.1 Å². The van der Waals surface area contributed by atoms with Gasteiger partial charge in [-0.15, -0.1) is 0 Å². The summed E-state index contributed by atoms with van der Waals surface area (Å²) in [5.41, 5.74) is 0.259. The van der Waals surface area contributed by atoms with Crippen molar-refractivity contribution in [2.24, 2.45) is 0 Å². The van der Waals surface area contributed by atoms with Crippen LogP contribution in [0, 0.1) is 5.82 Å². The summed E-state index contributed by atoms with van der Waals surface area (Å²) in [6.45, 7) is 0.0876. The van der Waals surface area contributed by atoms with E-state index in [4.69, 9.17) is 11.6 Å². The molecule has 1 N–H and O–H groups in total. The highest BCUT2D eigenvalue weighted by atomic mass is 35.5. The lowest BCUT2D eigenvalue weighted by atomic mass is 10.3. The summed E-state index contributed by atoms with van der Waals surface area (Å²) in [5.74, 6) is -0.442. The summed E-state index contributed by atoms with van der Waals surface area (Å²) in [4.78, 5) is 13.4. The summed E-state index contributed by atoms with van der Waals surface area (Å²) < 4.78 is 13.3. The molecule has 1 fully saturated rings. The number of likely N-dealkylation sites (N-methyl/N-ethyl adjacent to an activating group) is 1. The Balaban J connectivity index is 1.92. The van der Waals surface area contributed by atoms with Gasteiger partial charge in [0.05, 0.1) is 12.2 Å². The molecule has 0 aromatic heterocycles. The first-order valence-corrected chi connectivity index (χ1v) is 5.90. The number of nitrogens with zero attached hydrogens (tertiary/aromatic N) is 1. The first-order chi connectivity index (χ1) is 8.08. The summed E-state index contributed by atoms with van der Waals surface area (Å²) in [5, 5.41) is 3.21. The smallest absolute Gasteiger partial charge is 0.241 e. The fourth-order valence-electron chi connectivity index (χ4n) is 1.59. The Bertz CT molecular complexity index is 435. The number of halogens is 2. The van der Waals surface area contributed by atoms with Crippen LogP contribution in [-0.2, 0) is 4.79 Å². The molecule has 0 heterocycles. The summed E-state index contributed by atoms with van der Waals surface area (Å²) in [6, 6.07) is 4.59. The molecule has 0 radical (unpaired) electrons. The van der Waals surface area contributed by atoms with Crippen LogP contribution in [0.3, 0.4) is 0 Å². The van der Waals surface area contributed by atoms with Crippen molar-refractivity contribution in [3.8, 4) is 0 Å². The van der Waals surface area contributed by atoms with E-state index < -0.39 is 5.82 Å². The zero-order valence-corrected chi connectivity index (χ0v) is 10.3. The second kappa shape index (κ2) is 4.92. The number of carbonyl (C=O) groups is 1. The molecule has 1 aromatic carbocycles. The maximum absolute atomic E-state index is 13.3. The highest BCUT2D eigenvalue weighted by Crippen LogP contribution is 2.25. The molecule has 0 unspecified atom stereocenters. The highest BCUT2D eigenvalue weighted by Gasteiger charge is 2.29. The van der Waals surface area contributed by atoms with Crippen molar-refractivity contribution < 1.29 is 9.18 Å². The van der Waals surface area contributed by atoms with Gasteiger partial charge in [0.25, 0.3) is 0 Å². The van der Waals surface area contributed by atoms with Gasteiger partial charge in [0, 0.05) is 18.1 Å². The zero-order valence-electron chi connectivity index (χ0n) is 9.54. The van der Waals surface area contributed by atoms with Crippen molar-refractivity contribution in [3.05, 3.63) is 29.0 Å². The van der Waals surface area contributed by atoms with E-state index in [0.717, 1.165) is 12.8 Å². The average Bonchev–Trinajstić information content (AvgIpc) is 3.13. The Morgan fingerprint density at radius 3 is 2.94 bits per heavy atom. The molecule has 0 atom stereocenters. The first kappa shape index (κ1) is 12.2. The molecule has 1 aliphatic rings. The zero-order chi connectivity index (χ0) is 12.4. The minimum atomic E-state index is -0.406. The van der Waals surface area contributed by atoms with Gasteiger partial charge in [-0.05, 0) is 31.0 Å². The lowest BCUT2D eigenvalue weighted by Crippen LogP contribution is -2.33. The Morgan fingerprint density at radius 1 is 1.59 bits per heavy atom. The van der Waals surface area contributed by atoms with Crippen LogP contribution in [0.1, 0.15) is 12.8 Å². The Labute approximate surface area is 105 Å². The van der Waals surface area contributed by atoms with Gasteiger partial charge in [-0.3, -0.25) is 4.79 Å². The van der Waals surface area contributed by atoms with E-state index in [-0.39, 0.29) is 18.1 Å². The van der Waals surface area contributed by atoms with Gasteiger partial charge in [-0.25, -0.2) is 4.39 Å². The largest absolute Gasteiger partial charge is 0.374 e. The quantitative estimate of drug-likeness (QED) is 0.898. The molecule has 1 aliphatic carbocycles. The molecule has 0 aliphatic heterocycles. The van der Waals surface area contributed by atoms with Gasteiger partial charge in [-0.1, -0.05) is 11.6 Å². The maximum Gasteiger partial charge on any atom is 0.241 e. The van der Waals surface area contributed by atoms with Gasteiger partial charge >= 0.3 is 0 Å². The lowest BCUT2D eigenvalue weighted by molar-refractivity contribution is -0.128. The van der Waals surface area contributed by atoms with Crippen molar-refractivity contribution in [2.45, 2.75) is 18.9 Å². The first-order valence-electron chi connectivity index (χ1n) is 5.52. The molecule has 0 bridgehead atoms. The molecule has 1 amide bonds. The minimum Gasteiger partial charge on any atom is -0.374 e. The molecule has 92 valence electrons. The van der Waals surface area contributed by atoms with E-state index in [9.17, 15) is 9.18 Å². The van der Waals surface area contributed by atoms with Crippen LogP contribution in [0.15, 0.2) is 18.2 Å². The molecule has 17 heavy (non-hydrogen) atoms. The van der Waals surface area contributed by atoms with Gasteiger partial charge in [-0.2, -0.15) is 0 Å². The van der Waals surface area contributed by atoms with E-state index in [0.29, 0.717) is 11.1 Å². The predicted molar refractivity (Wildman–Crippen MR) is 65.7 cm³/mol. The molecule has 1 aromatic rings. The van der Waals surface area contributed by atoms with Gasteiger partial charge in [0.15, 0.2) is 0 Å². The number of anilines is 1. The lowest BCUT2D eigenvalue weighted by Gasteiger charge is -2.17. The number of benzene rings is 1. The van der Waals surface area contributed by atoms with E-state index in [1.54, 1.807) is 11.9 Å². The number of hydrogen-bond donors (Lipinski definition) is 1. The summed E-state index contributed by atoms with van der Waals surface area (Å²) in [7, 11) is 1.77. The number of amides is 1.